The molecule has 0 bridgehead atoms. The van der Waals surface area contributed by atoms with Gasteiger partial charge in [0, 0.05) is 11.4 Å². The third-order valence-corrected chi connectivity index (χ3v) is 2.70. The van der Waals surface area contributed by atoms with Crippen molar-refractivity contribution >= 4 is 11.3 Å². The zero-order valence-electron chi connectivity index (χ0n) is 8.21. The summed E-state index contributed by atoms with van der Waals surface area (Å²) < 4.78 is 0. The van der Waals surface area contributed by atoms with Gasteiger partial charge in [0.2, 0.25) is 0 Å². The van der Waals surface area contributed by atoms with Crippen LogP contribution in [-0.4, -0.2) is 18.1 Å². The van der Waals surface area contributed by atoms with Crippen LogP contribution in [-0.2, 0) is 0 Å². The maximum absolute atomic E-state index is 5.40. The number of nitrogens with two attached hydrogens (primary N) is 1. The standard InChI is InChI=1S/C9H17N3S/c1-7(11-5-3-4-10)9-6-13-8(2)12-9/h6-7,11H,3-5,10H2,1-2H3. The van der Waals surface area contributed by atoms with Crippen molar-refractivity contribution in [1.82, 2.24) is 10.3 Å². The number of rotatable bonds is 5. The molecular formula is C9H17N3S. The molecule has 1 heterocycles. The first-order valence-corrected chi connectivity index (χ1v) is 5.47. The van der Waals surface area contributed by atoms with Crippen LogP contribution in [0.3, 0.4) is 0 Å². The van der Waals surface area contributed by atoms with E-state index in [0.29, 0.717) is 6.04 Å². The molecule has 0 fully saturated rings. The van der Waals surface area contributed by atoms with E-state index in [4.69, 9.17) is 5.73 Å². The summed E-state index contributed by atoms with van der Waals surface area (Å²) in [6.07, 6.45) is 1.02. The second kappa shape index (κ2) is 5.32. The number of nitrogens with zero attached hydrogens (tertiary/aromatic N) is 1. The van der Waals surface area contributed by atoms with Crippen molar-refractivity contribution in [1.29, 1.82) is 0 Å². The van der Waals surface area contributed by atoms with Crippen LogP contribution in [0.5, 0.6) is 0 Å². The molecule has 0 spiro atoms. The zero-order chi connectivity index (χ0) is 9.68. The molecule has 0 aliphatic rings. The maximum Gasteiger partial charge on any atom is 0.0898 e. The van der Waals surface area contributed by atoms with Gasteiger partial charge in [0.05, 0.1) is 10.7 Å². The molecule has 0 aliphatic carbocycles. The molecule has 1 unspecified atom stereocenters. The Bertz CT molecular complexity index is 247. The summed E-state index contributed by atoms with van der Waals surface area (Å²) >= 11 is 1.70. The van der Waals surface area contributed by atoms with Crippen LogP contribution >= 0.6 is 11.3 Å². The lowest BCUT2D eigenvalue weighted by atomic mass is 10.2. The van der Waals surface area contributed by atoms with Gasteiger partial charge in [0.25, 0.3) is 0 Å². The van der Waals surface area contributed by atoms with Gasteiger partial charge in [-0.05, 0) is 33.4 Å². The van der Waals surface area contributed by atoms with Crippen molar-refractivity contribution < 1.29 is 0 Å². The van der Waals surface area contributed by atoms with Crippen molar-refractivity contribution in [3.05, 3.63) is 16.1 Å². The van der Waals surface area contributed by atoms with E-state index in [9.17, 15) is 0 Å². The first kappa shape index (κ1) is 10.6. The topological polar surface area (TPSA) is 50.9 Å². The Balaban J connectivity index is 2.35. The van der Waals surface area contributed by atoms with Gasteiger partial charge in [-0.2, -0.15) is 0 Å². The summed E-state index contributed by atoms with van der Waals surface area (Å²) in [6.45, 7) is 5.87. The quantitative estimate of drug-likeness (QED) is 0.706. The van der Waals surface area contributed by atoms with E-state index < -0.39 is 0 Å². The minimum atomic E-state index is 0.344. The highest BCUT2D eigenvalue weighted by Crippen LogP contribution is 2.15. The second-order valence-electron chi connectivity index (χ2n) is 3.11. The summed E-state index contributed by atoms with van der Waals surface area (Å²) in [6, 6.07) is 0.344. The van der Waals surface area contributed by atoms with Crippen molar-refractivity contribution in [2.24, 2.45) is 5.73 Å². The normalized spacial score (nSPS) is 13.2. The summed E-state index contributed by atoms with van der Waals surface area (Å²) in [4.78, 5) is 4.41. The summed E-state index contributed by atoms with van der Waals surface area (Å²) in [5.74, 6) is 0. The van der Waals surface area contributed by atoms with E-state index in [1.54, 1.807) is 11.3 Å². The second-order valence-corrected chi connectivity index (χ2v) is 4.17. The number of nitrogens with one attached hydrogen (secondary N) is 1. The Labute approximate surface area is 83.4 Å². The Morgan fingerprint density at radius 2 is 2.46 bits per heavy atom. The van der Waals surface area contributed by atoms with Crippen molar-refractivity contribution in [2.45, 2.75) is 26.3 Å². The number of thiazole rings is 1. The molecule has 0 amide bonds. The van der Waals surface area contributed by atoms with Gasteiger partial charge in [-0.3, -0.25) is 0 Å². The molecule has 1 rings (SSSR count). The number of aryl methyl sites for hydroxylation is 1. The summed E-state index contributed by atoms with van der Waals surface area (Å²) in [5.41, 5.74) is 6.54. The molecule has 74 valence electrons. The first-order valence-electron chi connectivity index (χ1n) is 4.59. The lowest BCUT2D eigenvalue weighted by Gasteiger charge is -2.10. The SMILES string of the molecule is Cc1nc(C(C)NCCCN)cs1. The molecule has 0 saturated carbocycles. The molecule has 4 heteroatoms. The zero-order valence-corrected chi connectivity index (χ0v) is 9.03. The van der Waals surface area contributed by atoms with Gasteiger partial charge in [0.1, 0.15) is 0 Å². The van der Waals surface area contributed by atoms with E-state index in [0.717, 1.165) is 30.2 Å². The predicted molar refractivity (Wildman–Crippen MR) is 56.9 cm³/mol. The Morgan fingerprint density at radius 3 is 3.00 bits per heavy atom. The number of hydrogen-bond acceptors (Lipinski definition) is 4. The van der Waals surface area contributed by atoms with Crippen LogP contribution in [0.1, 0.15) is 30.1 Å². The maximum atomic E-state index is 5.40. The average molecular weight is 199 g/mol. The van der Waals surface area contributed by atoms with Crippen LogP contribution < -0.4 is 11.1 Å². The highest BCUT2D eigenvalue weighted by atomic mass is 32.1. The van der Waals surface area contributed by atoms with E-state index in [1.165, 1.54) is 0 Å². The number of hydrogen-bond donors (Lipinski definition) is 2. The van der Waals surface area contributed by atoms with Gasteiger partial charge in [-0.25, -0.2) is 4.98 Å². The summed E-state index contributed by atoms with van der Waals surface area (Å²) in [5, 5.41) is 6.61. The molecule has 3 N–H and O–H groups in total. The van der Waals surface area contributed by atoms with Gasteiger partial charge >= 0.3 is 0 Å². The molecule has 0 saturated heterocycles. The van der Waals surface area contributed by atoms with E-state index in [-0.39, 0.29) is 0 Å². The predicted octanol–water partition coefficient (Wildman–Crippen LogP) is 1.45. The summed E-state index contributed by atoms with van der Waals surface area (Å²) in [7, 11) is 0. The van der Waals surface area contributed by atoms with Crippen LogP contribution in [0.15, 0.2) is 5.38 Å². The Kier molecular flexibility index (Phi) is 4.35. The minimum absolute atomic E-state index is 0.344. The van der Waals surface area contributed by atoms with Gasteiger partial charge in [0.15, 0.2) is 0 Å². The van der Waals surface area contributed by atoms with Crippen LogP contribution in [0.2, 0.25) is 0 Å². The largest absolute Gasteiger partial charge is 0.330 e. The van der Waals surface area contributed by atoms with Gasteiger partial charge < -0.3 is 11.1 Å². The molecule has 1 aromatic heterocycles. The fraction of sp³-hybridized carbons (Fsp3) is 0.667. The molecule has 3 nitrogen and oxygen atoms in total. The third kappa shape index (κ3) is 3.42. The third-order valence-electron chi connectivity index (χ3n) is 1.91. The first-order chi connectivity index (χ1) is 6.24. The highest BCUT2D eigenvalue weighted by molar-refractivity contribution is 7.09. The van der Waals surface area contributed by atoms with Crippen LogP contribution in [0.4, 0.5) is 0 Å². The Hall–Kier alpha value is -0.450. The smallest absolute Gasteiger partial charge is 0.0898 e. The average Bonchev–Trinajstić information content (AvgIpc) is 2.52. The van der Waals surface area contributed by atoms with Crippen LogP contribution in [0.25, 0.3) is 0 Å². The monoisotopic (exact) mass is 199 g/mol. The van der Waals surface area contributed by atoms with E-state index in [1.807, 2.05) is 6.92 Å². The minimum Gasteiger partial charge on any atom is -0.330 e. The van der Waals surface area contributed by atoms with Crippen molar-refractivity contribution in [3.8, 4) is 0 Å². The van der Waals surface area contributed by atoms with Gasteiger partial charge in [-0.15, -0.1) is 11.3 Å². The molecule has 1 aromatic rings. The van der Waals surface area contributed by atoms with Crippen LogP contribution in [0, 0.1) is 6.92 Å². The highest BCUT2D eigenvalue weighted by Gasteiger charge is 2.06. The fourth-order valence-electron chi connectivity index (χ4n) is 1.10. The van der Waals surface area contributed by atoms with Gasteiger partial charge in [-0.1, -0.05) is 0 Å². The fourth-order valence-corrected chi connectivity index (χ4v) is 1.81. The molecular weight excluding hydrogens is 182 g/mol. The van der Waals surface area contributed by atoms with E-state index >= 15 is 0 Å². The molecule has 13 heavy (non-hydrogen) atoms. The molecule has 1 atom stereocenters. The lowest BCUT2D eigenvalue weighted by molar-refractivity contribution is 0.552. The molecule has 0 aliphatic heterocycles. The molecule has 0 aromatic carbocycles. The van der Waals surface area contributed by atoms with Crippen molar-refractivity contribution in [2.75, 3.05) is 13.1 Å². The Morgan fingerprint density at radius 1 is 1.69 bits per heavy atom. The molecule has 0 radical (unpaired) electrons. The lowest BCUT2D eigenvalue weighted by Crippen LogP contribution is -2.22. The van der Waals surface area contributed by atoms with E-state index in [2.05, 4.69) is 22.6 Å². The number of aromatic nitrogens is 1. The van der Waals surface area contributed by atoms with Crippen molar-refractivity contribution in [3.63, 3.8) is 0 Å².